The molecular weight excluding hydrogens is 372 g/mol. The van der Waals surface area contributed by atoms with Crippen LogP contribution in [0, 0.1) is 6.92 Å². The highest BCUT2D eigenvalue weighted by molar-refractivity contribution is 6.30. The molecule has 9 heteroatoms. The van der Waals surface area contributed by atoms with E-state index in [9.17, 15) is 14.4 Å². The summed E-state index contributed by atoms with van der Waals surface area (Å²) in [4.78, 5) is 44.0. The van der Waals surface area contributed by atoms with Gasteiger partial charge in [-0.25, -0.2) is 4.98 Å². The van der Waals surface area contributed by atoms with Crippen molar-refractivity contribution < 1.29 is 14.3 Å². The standard InChI is InChI=1S/C18H15ClN4O4/c1-11-2-3-15-22-13(7-16(24)23(15)9-11)10-27-17(25)8-21-18(26)14-6-12(19)4-5-20-14/h2-7,9H,8,10H2,1H3,(H,21,26). The number of nitrogens with zero attached hydrogens (tertiary/aromatic N) is 3. The number of carbonyl (C=O) groups is 2. The summed E-state index contributed by atoms with van der Waals surface area (Å²) in [5.74, 6) is -1.22. The summed E-state index contributed by atoms with van der Waals surface area (Å²) in [5.41, 5.74) is 1.53. The van der Waals surface area contributed by atoms with E-state index in [2.05, 4.69) is 15.3 Å². The normalized spacial score (nSPS) is 10.6. The lowest BCUT2D eigenvalue weighted by Gasteiger charge is -2.07. The van der Waals surface area contributed by atoms with Crippen molar-refractivity contribution in [2.45, 2.75) is 13.5 Å². The maximum absolute atomic E-state index is 12.1. The van der Waals surface area contributed by atoms with E-state index in [0.717, 1.165) is 5.56 Å². The van der Waals surface area contributed by atoms with Crippen LogP contribution >= 0.6 is 11.6 Å². The van der Waals surface area contributed by atoms with Crippen molar-refractivity contribution in [1.29, 1.82) is 0 Å². The molecule has 1 amide bonds. The molecule has 0 bridgehead atoms. The summed E-state index contributed by atoms with van der Waals surface area (Å²) >= 11 is 5.79. The van der Waals surface area contributed by atoms with Gasteiger partial charge in [-0.05, 0) is 30.7 Å². The van der Waals surface area contributed by atoms with Gasteiger partial charge in [0.15, 0.2) is 0 Å². The minimum atomic E-state index is -0.670. The number of carbonyl (C=O) groups excluding carboxylic acids is 2. The van der Waals surface area contributed by atoms with Gasteiger partial charge in [-0.2, -0.15) is 0 Å². The highest BCUT2D eigenvalue weighted by atomic mass is 35.5. The molecule has 0 aliphatic carbocycles. The van der Waals surface area contributed by atoms with Crippen LogP contribution in [0.5, 0.6) is 0 Å². The average molecular weight is 387 g/mol. The maximum atomic E-state index is 12.1. The summed E-state index contributed by atoms with van der Waals surface area (Å²) in [7, 11) is 0. The van der Waals surface area contributed by atoms with Gasteiger partial charge >= 0.3 is 5.97 Å². The Balaban J connectivity index is 1.58. The zero-order valence-electron chi connectivity index (χ0n) is 14.3. The van der Waals surface area contributed by atoms with Crippen LogP contribution < -0.4 is 10.9 Å². The Labute approximate surface area is 158 Å². The fourth-order valence-electron chi connectivity index (χ4n) is 2.31. The molecule has 0 saturated carbocycles. The fraction of sp³-hybridized carbons (Fsp3) is 0.167. The van der Waals surface area contributed by atoms with Gasteiger partial charge in [-0.1, -0.05) is 17.7 Å². The number of amides is 1. The summed E-state index contributed by atoms with van der Waals surface area (Å²) in [6.07, 6.45) is 3.07. The highest BCUT2D eigenvalue weighted by Gasteiger charge is 2.11. The Morgan fingerprint density at radius 2 is 2.07 bits per heavy atom. The van der Waals surface area contributed by atoms with Crippen LogP contribution in [0.2, 0.25) is 5.02 Å². The molecule has 8 nitrogen and oxygen atoms in total. The molecule has 0 aliphatic rings. The number of hydrogen-bond donors (Lipinski definition) is 1. The number of nitrogens with one attached hydrogen (secondary N) is 1. The second kappa shape index (κ2) is 7.96. The molecule has 0 unspecified atom stereocenters. The van der Waals surface area contributed by atoms with Crippen LogP contribution in [-0.2, 0) is 16.1 Å². The van der Waals surface area contributed by atoms with Crippen LogP contribution in [0.3, 0.4) is 0 Å². The monoisotopic (exact) mass is 386 g/mol. The highest BCUT2D eigenvalue weighted by Crippen LogP contribution is 2.07. The predicted molar refractivity (Wildman–Crippen MR) is 97.6 cm³/mol. The van der Waals surface area contributed by atoms with Gasteiger partial charge < -0.3 is 10.1 Å². The Kier molecular flexibility index (Phi) is 5.46. The molecular formula is C18H15ClN4O4. The quantitative estimate of drug-likeness (QED) is 0.667. The van der Waals surface area contributed by atoms with Crippen LogP contribution in [-0.4, -0.2) is 32.8 Å². The molecule has 0 radical (unpaired) electrons. The zero-order valence-corrected chi connectivity index (χ0v) is 15.1. The van der Waals surface area contributed by atoms with Gasteiger partial charge in [0, 0.05) is 23.5 Å². The Hall–Kier alpha value is -3.26. The topological polar surface area (TPSA) is 103 Å². The molecule has 0 spiro atoms. The first kappa shape index (κ1) is 18.5. The van der Waals surface area contributed by atoms with E-state index in [1.165, 1.54) is 28.8 Å². The number of halogens is 1. The van der Waals surface area contributed by atoms with Crippen LogP contribution in [0.4, 0.5) is 0 Å². The number of esters is 1. The summed E-state index contributed by atoms with van der Waals surface area (Å²) in [5, 5.41) is 2.75. The SMILES string of the molecule is Cc1ccc2nc(COC(=O)CNC(=O)c3cc(Cl)ccn3)cc(=O)n2c1. The number of pyridine rings is 2. The van der Waals surface area contributed by atoms with Gasteiger partial charge in [0.1, 0.15) is 24.5 Å². The van der Waals surface area contributed by atoms with Crippen molar-refractivity contribution in [3.63, 3.8) is 0 Å². The number of aromatic nitrogens is 3. The third kappa shape index (κ3) is 4.68. The molecule has 3 heterocycles. The summed E-state index contributed by atoms with van der Waals surface area (Å²) in [6.45, 7) is 1.34. The first-order chi connectivity index (χ1) is 12.9. The van der Waals surface area contributed by atoms with Gasteiger partial charge in [-0.15, -0.1) is 0 Å². The summed E-state index contributed by atoms with van der Waals surface area (Å²) in [6, 6.07) is 7.76. The van der Waals surface area contributed by atoms with Crippen LogP contribution in [0.1, 0.15) is 21.7 Å². The van der Waals surface area contributed by atoms with Crippen molar-refractivity contribution in [3.05, 3.63) is 75.1 Å². The smallest absolute Gasteiger partial charge is 0.325 e. The van der Waals surface area contributed by atoms with E-state index in [4.69, 9.17) is 16.3 Å². The largest absolute Gasteiger partial charge is 0.458 e. The van der Waals surface area contributed by atoms with E-state index in [0.29, 0.717) is 16.4 Å². The summed E-state index contributed by atoms with van der Waals surface area (Å²) < 4.78 is 6.47. The average Bonchev–Trinajstić information content (AvgIpc) is 2.65. The first-order valence-corrected chi connectivity index (χ1v) is 8.34. The van der Waals surface area contributed by atoms with Gasteiger partial charge in [0.05, 0.1) is 5.69 Å². The van der Waals surface area contributed by atoms with Gasteiger partial charge in [0.2, 0.25) is 0 Å². The van der Waals surface area contributed by atoms with Crippen LogP contribution in [0.15, 0.2) is 47.5 Å². The molecule has 1 N–H and O–H groups in total. The third-order valence-electron chi connectivity index (χ3n) is 3.59. The molecule has 3 aromatic heterocycles. The third-order valence-corrected chi connectivity index (χ3v) is 3.82. The zero-order chi connectivity index (χ0) is 19.4. The number of fused-ring (bicyclic) bond motifs is 1. The lowest BCUT2D eigenvalue weighted by molar-refractivity contribution is -0.143. The van der Waals surface area contributed by atoms with Crippen molar-refractivity contribution in [2.24, 2.45) is 0 Å². The number of aryl methyl sites for hydroxylation is 1. The maximum Gasteiger partial charge on any atom is 0.325 e. The predicted octanol–water partition coefficient (Wildman–Crippen LogP) is 1.52. The first-order valence-electron chi connectivity index (χ1n) is 7.97. The molecule has 27 heavy (non-hydrogen) atoms. The fourth-order valence-corrected chi connectivity index (χ4v) is 2.47. The van der Waals surface area contributed by atoms with Crippen LogP contribution in [0.25, 0.3) is 5.65 Å². The van der Waals surface area contributed by atoms with Crippen molar-refractivity contribution in [3.8, 4) is 0 Å². The molecule has 0 fully saturated rings. The molecule has 0 saturated heterocycles. The Morgan fingerprint density at radius 3 is 2.85 bits per heavy atom. The van der Waals surface area contributed by atoms with Crippen molar-refractivity contribution in [2.75, 3.05) is 6.54 Å². The minimum Gasteiger partial charge on any atom is -0.458 e. The molecule has 3 aromatic rings. The minimum absolute atomic E-state index is 0.0924. The van der Waals surface area contributed by atoms with Gasteiger partial charge in [-0.3, -0.25) is 23.8 Å². The van der Waals surface area contributed by atoms with Gasteiger partial charge in [0.25, 0.3) is 11.5 Å². The number of rotatable bonds is 5. The van der Waals surface area contributed by atoms with E-state index >= 15 is 0 Å². The Bertz CT molecular complexity index is 1080. The van der Waals surface area contributed by atoms with Crippen molar-refractivity contribution >= 4 is 29.1 Å². The van der Waals surface area contributed by atoms with E-state index in [1.54, 1.807) is 12.3 Å². The second-order valence-electron chi connectivity index (χ2n) is 5.72. The number of hydrogen-bond acceptors (Lipinski definition) is 6. The molecule has 3 rings (SSSR count). The van der Waals surface area contributed by atoms with E-state index in [1.807, 2.05) is 13.0 Å². The Morgan fingerprint density at radius 1 is 1.26 bits per heavy atom. The molecule has 0 atom stereocenters. The lowest BCUT2D eigenvalue weighted by atomic mass is 10.3. The lowest BCUT2D eigenvalue weighted by Crippen LogP contribution is -2.31. The molecule has 0 aromatic carbocycles. The second-order valence-corrected chi connectivity index (χ2v) is 6.16. The number of ether oxygens (including phenoxy) is 1. The van der Waals surface area contributed by atoms with Crippen molar-refractivity contribution in [1.82, 2.24) is 19.7 Å². The van der Waals surface area contributed by atoms with E-state index in [-0.39, 0.29) is 24.4 Å². The molecule has 138 valence electrons. The van der Waals surface area contributed by atoms with E-state index < -0.39 is 11.9 Å². The molecule has 0 aliphatic heterocycles.